The van der Waals surface area contributed by atoms with Gasteiger partial charge in [0.15, 0.2) is 0 Å². The average Bonchev–Trinajstić information content (AvgIpc) is 2.99. The minimum atomic E-state index is -0.248. The van der Waals surface area contributed by atoms with Crippen molar-refractivity contribution in [1.29, 1.82) is 0 Å². The molecule has 1 aliphatic heterocycles. The Labute approximate surface area is 170 Å². The van der Waals surface area contributed by atoms with Crippen LogP contribution >= 0.6 is 0 Å². The second-order valence-electron chi connectivity index (χ2n) is 7.60. The van der Waals surface area contributed by atoms with Gasteiger partial charge in [-0.2, -0.15) is 0 Å². The zero-order chi connectivity index (χ0) is 20.2. The fourth-order valence-corrected chi connectivity index (χ4v) is 4.13. The summed E-state index contributed by atoms with van der Waals surface area (Å²) >= 11 is 0. The van der Waals surface area contributed by atoms with E-state index in [1.54, 1.807) is 0 Å². The topological polar surface area (TPSA) is 66.5 Å². The Kier molecular flexibility index (Phi) is 5.56. The Morgan fingerprint density at radius 2 is 1.52 bits per heavy atom. The second-order valence-corrected chi connectivity index (χ2v) is 7.60. The largest absolute Gasteiger partial charge is 0.326 e. The summed E-state index contributed by atoms with van der Waals surface area (Å²) in [6.45, 7) is 0.136. The van der Waals surface area contributed by atoms with Crippen molar-refractivity contribution in [1.82, 2.24) is 4.90 Å². The standard InChI is InChI=1S/C24H24N2O3/c27-22(14-15-26-23(28)19-11-5-6-12-20(19)24(26)29)25-21-13-7-4-10-18(21)16-17-8-2-1-3-9-17/h1-10,13,19-20H,11-12,14-16H2,(H,25,27)/t19-,20-/m0/s1. The van der Waals surface area contributed by atoms with Crippen LogP contribution in [-0.2, 0) is 20.8 Å². The molecule has 1 N–H and O–H groups in total. The van der Waals surface area contributed by atoms with E-state index in [4.69, 9.17) is 0 Å². The molecule has 0 bridgehead atoms. The Morgan fingerprint density at radius 1 is 0.897 bits per heavy atom. The third kappa shape index (κ3) is 4.14. The number of fused-ring (bicyclic) bond motifs is 1. The van der Waals surface area contributed by atoms with Gasteiger partial charge >= 0.3 is 0 Å². The van der Waals surface area contributed by atoms with E-state index >= 15 is 0 Å². The number of imide groups is 1. The van der Waals surface area contributed by atoms with E-state index in [0.29, 0.717) is 12.8 Å². The number of hydrogen-bond acceptors (Lipinski definition) is 3. The van der Waals surface area contributed by atoms with Crippen LogP contribution in [0.15, 0.2) is 66.7 Å². The van der Waals surface area contributed by atoms with Crippen LogP contribution in [0.2, 0.25) is 0 Å². The van der Waals surface area contributed by atoms with E-state index in [1.165, 1.54) is 10.5 Å². The van der Waals surface area contributed by atoms with Crippen molar-refractivity contribution in [2.24, 2.45) is 11.8 Å². The van der Waals surface area contributed by atoms with Crippen LogP contribution in [0.5, 0.6) is 0 Å². The molecule has 1 aliphatic carbocycles. The number of nitrogens with one attached hydrogen (secondary N) is 1. The summed E-state index contributed by atoms with van der Waals surface area (Å²) in [4.78, 5) is 38.8. The molecule has 1 heterocycles. The first-order valence-corrected chi connectivity index (χ1v) is 10.1. The molecule has 1 saturated heterocycles. The number of carbonyl (C=O) groups excluding carboxylic acids is 3. The van der Waals surface area contributed by atoms with Crippen molar-refractivity contribution in [2.45, 2.75) is 25.7 Å². The first-order chi connectivity index (χ1) is 14.1. The van der Waals surface area contributed by atoms with Gasteiger partial charge in [0, 0.05) is 18.7 Å². The molecule has 0 aromatic heterocycles. The van der Waals surface area contributed by atoms with Crippen LogP contribution in [0.25, 0.3) is 0 Å². The minimum absolute atomic E-state index is 0.101. The minimum Gasteiger partial charge on any atom is -0.326 e. The van der Waals surface area contributed by atoms with Crippen LogP contribution in [0.3, 0.4) is 0 Å². The van der Waals surface area contributed by atoms with Gasteiger partial charge in [0.05, 0.1) is 11.8 Å². The van der Waals surface area contributed by atoms with Crippen molar-refractivity contribution >= 4 is 23.4 Å². The number of benzene rings is 2. The summed E-state index contributed by atoms with van der Waals surface area (Å²) in [5.74, 6) is -0.966. The Balaban J connectivity index is 1.37. The average molecular weight is 388 g/mol. The summed E-state index contributed by atoms with van der Waals surface area (Å²) in [6.07, 6.45) is 5.98. The predicted molar refractivity (Wildman–Crippen MR) is 111 cm³/mol. The number of allylic oxidation sites excluding steroid dienone is 2. The molecule has 2 aromatic carbocycles. The fraction of sp³-hybridized carbons (Fsp3) is 0.292. The number of likely N-dealkylation sites (tertiary alicyclic amines) is 1. The zero-order valence-electron chi connectivity index (χ0n) is 16.2. The molecule has 4 rings (SSSR count). The predicted octanol–water partition coefficient (Wildman–Crippen LogP) is 3.56. The molecule has 1 fully saturated rings. The molecule has 2 aromatic rings. The second kappa shape index (κ2) is 8.43. The summed E-state index contributed by atoms with van der Waals surface area (Å²) in [5, 5.41) is 2.95. The van der Waals surface area contributed by atoms with Gasteiger partial charge < -0.3 is 5.32 Å². The van der Waals surface area contributed by atoms with E-state index in [-0.39, 0.29) is 42.5 Å². The molecule has 5 nitrogen and oxygen atoms in total. The van der Waals surface area contributed by atoms with E-state index in [2.05, 4.69) is 17.4 Å². The lowest BCUT2D eigenvalue weighted by Crippen LogP contribution is -2.34. The molecular weight excluding hydrogens is 364 g/mol. The normalized spacial score (nSPS) is 20.6. The monoisotopic (exact) mass is 388 g/mol. The lowest BCUT2D eigenvalue weighted by molar-refractivity contribution is -0.140. The number of nitrogens with zero attached hydrogens (tertiary/aromatic N) is 1. The molecular formula is C24H24N2O3. The quantitative estimate of drug-likeness (QED) is 0.608. The Hall–Kier alpha value is -3.21. The van der Waals surface area contributed by atoms with Gasteiger partial charge in [-0.05, 0) is 36.5 Å². The van der Waals surface area contributed by atoms with Gasteiger partial charge in [-0.1, -0.05) is 60.7 Å². The summed E-state index contributed by atoms with van der Waals surface area (Å²) in [6, 6.07) is 17.8. The van der Waals surface area contributed by atoms with Crippen LogP contribution in [0.1, 0.15) is 30.4 Å². The Morgan fingerprint density at radius 3 is 2.21 bits per heavy atom. The molecule has 2 aliphatic rings. The van der Waals surface area contributed by atoms with E-state index < -0.39 is 0 Å². The van der Waals surface area contributed by atoms with Crippen LogP contribution in [0, 0.1) is 11.8 Å². The van der Waals surface area contributed by atoms with Gasteiger partial charge in [0.1, 0.15) is 0 Å². The first-order valence-electron chi connectivity index (χ1n) is 10.1. The van der Waals surface area contributed by atoms with Gasteiger partial charge in [0.25, 0.3) is 0 Å². The fourth-order valence-electron chi connectivity index (χ4n) is 4.13. The van der Waals surface area contributed by atoms with E-state index in [0.717, 1.165) is 17.7 Å². The molecule has 5 heteroatoms. The summed E-state index contributed by atoms with van der Waals surface area (Å²) in [5.41, 5.74) is 2.95. The highest BCUT2D eigenvalue weighted by molar-refractivity contribution is 6.05. The van der Waals surface area contributed by atoms with Gasteiger partial charge in [-0.15, -0.1) is 0 Å². The summed E-state index contributed by atoms with van der Waals surface area (Å²) < 4.78 is 0. The molecule has 148 valence electrons. The molecule has 0 radical (unpaired) electrons. The molecule has 0 saturated carbocycles. The Bertz CT molecular complexity index is 926. The lowest BCUT2D eigenvalue weighted by atomic mass is 9.85. The number of anilines is 1. The number of rotatable bonds is 6. The zero-order valence-corrected chi connectivity index (χ0v) is 16.2. The van der Waals surface area contributed by atoms with E-state index in [1.807, 2.05) is 54.6 Å². The first kappa shape index (κ1) is 19.1. The van der Waals surface area contributed by atoms with Gasteiger partial charge in [-0.3, -0.25) is 19.3 Å². The number of amides is 3. The smallest absolute Gasteiger partial charge is 0.233 e. The molecule has 0 unspecified atom stereocenters. The van der Waals surface area contributed by atoms with Gasteiger partial charge in [0.2, 0.25) is 17.7 Å². The van der Waals surface area contributed by atoms with Crippen LogP contribution in [-0.4, -0.2) is 29.2 Å². The lowest BCUT2D eigenvalue weighted by Gasteiger charge is -2.15. The highest BCUT2D eigenvalue weighted by atomic mass is 16.2. The van der Waals surface area contributed by atoms with Crippen molar-refractivity contribution in [2.75, 3.05) is 11.9 Å². The molecule has 29 heavy (non-hydrogen) atoms. The third-order valence-corrected chi connectivity index (χ3v) is 5.69. The maximum atomic E-state index is 12.5. The molecule has 0 spiro atoms. The number of hydrogen-bond donors (Lipinski definition) is 1. The molecule has 2 atom stereocenters. The van der Waals surface area contributed by atoms with Crippen molar-refractivity contribution in [3.8, 4) is 0 Å². The van der Waals surface area contributed by atoms with Crippen molar-refractivity contribution in [3.05, 3.63) is 77.9 Å². The summed E-state index contributed by atoms with van der Waals surface area (Å²) in [7, 11) is 0. The highest BCUT2D eigenvalue weighted by Gasteiger charge is 2.46. The van der Waals surface area contributed by atoms with Crippen molar-refractivity contribution < 1.29 is 14.4 Å². The van der Waals surface area contributed by atoms with E-state index in [9.17, 15) is 14.4 Å². The SMILES string of the molecule is O=C(CCN1C(=O)[C@H]2CC=CC[C@@H]2C1=O)Nc1ccccc1Cc1ccccc1. The number of para-hydroxylation sites is 1. The molecule has 3 amide bonds. The van der Waals surface area contributed by atoms with Crippen LogP contribution in [0.4, 0.5) is 5.69 Å². The van der Waals surface area contributed by atoms with Crippen molar-refractivity contribution in [3.63, 3.8) is 0 Å². The number of carbonyl (C=O) groups is 3. The maximum absolute atomic E-state index is 12.5. The van der Waals surface area contributed by atoms with Gasteiger partial charge in [-0.25, -0.2) is 0 Å². The maximum Gasteiger partial charge on any atom is 0.233 e. The highest BCUT2D eigenvalue weighted by Crippen LogP contribution is 2.35. The van der Waals surface area contributed by atoms with Crippen LogP contribution < -0.4 is 5.32 Å². The third-order valence-electron chi connectivity index (χ3n) is 5.69.